The number of ether oxygens (including phenoxy) is 1. The van der Waals surface area contributed by atoms with Crippen LogP contribution in [0.3, 0.4) is 0 Å². The van der Waals surface area contributed by atoms with Crippen molar-refractivity contribution in [3.63, 3.8) is 0 Å². The highest BCUT2D eigenvalue weighted by Crippen LogP contribution is 2.40. The fourth-order valence-corrected chi connectivity index (χ4v) is 2.82. The number of carbonyl (C=O) groups is 1. The Bertz CT molecular complexity index is 957. The molecule has 0 aromatic heterocycles. The average molecular weight is 322 g/mol. The maximum Gasteiger partial charge on any atom is 0.337 e. The lowest BCUT2D eigenvalue weighted by Crippen LogP contribution is -2.00. The molecular formula is C19H12ClNO2. The normalized spacial score (nSPS) is 10.3. The van der Waals surface area contributed by atoms with Gasteiger partial charge in [0.25, 0.3) is 0 Å². The Balaban J connectivity index is 2.40. The monoisotopic (exact) mass is 321 g/mol. The number of carbonyl (C=O) groups excluding carboxylic acids is 1. The van der Waals surface area contributed by atoms with Crippen molar-refractivity contribution < 1.29 is 9.53 Å². The van der Waals surface area contributed by atoms with Gasteiger partial charge in [0.2, 0.25) is 0 Å². The zero-order chi connectivity index (χ0) is 16.4. The highest BCUT2D eigenvalue weighted by atomic mass is 35.5. The lowest BCUT2D eigenvalue weighted by molar-refractivity contribution is 0.0601. The molecule has 0 radical (unpaired) electrons. The Morgan fingerprint density at radius 2 is 1.87 bits per heavy atom. The summed E-state index contributed by atoms with van der Waals surface area (Å²) >= 11 is 6.32. The second-order valence-corrected chi connectivity index (χ2v) is 5.39. The molecule has 112 valence electrons. The molecule has 0 spiro atoms. The predicted molar refractivity (Wildman–Crippen MR) is 92.0 cm³/mol. The minimum absolute atomic E-state index is 0.412. The molecular weight excluding hydrogens is 310 g/mol. The van der Waals surface area contributed by atoms with Gasteiger partial charge >= 0.3 is 5.97 Å². The van der Waals surface area contributed by atoms with Crippen LogP contribution in [0.1, 0.15) is 10.4 Å². The smallest absolute Gasteiger partial charge is 0.337 e. The number of hydrogen-bond donors (Lipinski definition) is 0. The quantitative estimate of drug-likeness (QED) is 0.461. The van der Waals surface area contributed by atoms with Gasteiger partial charge < -0.3 is 4.74 Å². The van der Waals surface area contributed by atoms with Crippen molar-refractivity contribution in [3.05, 3.63) is 76.6 Å². The van der Waals surface area contributed by atoms with Crippen LogP contribution in [0.25, 0.3) is 26.7 Å². The van der Waals surface area contributed by atoms with Crippen molar-refractivity contribution in [2.45, 2.75) is 0 Å². The second-order valence-electron chi connectivity index (χ2n) is 4.98. The molecule has 0 unspecified atom stereocenters. The minimum Gasteiger partial charge on any atom is -0.465 e. The predicted octanol–water partition coefficient (Wildman–Crippen LogP) is 5.50. The average Bonchev–Trinajstić information content (AvgIpc) is 2.60. The van der Waals surface area contributed by atoms with E-state index >= 15 is 0 Å². The first-order chi connectivity index (χ1) is 11.2. The van der Waals surface area contributed by atoms with E-state index in [-0.39, 0.29) is 0 Å². The number of nitrogens with zero attached hydrogens (tertiary/aromatic N) is 1. The zero-order valence-corrected chi connectivity index (χ0v) is 13.1. The molecule has 0 atom stereocenters. The van der Waals surface area contributed by atoms with Gasteiger partial charge in [0, 0.05) is 5.02 Å². The van der Waals surface area contributed by atoms with E-state index in [1.54, 1.807) is 24.3 Å². The van der Waals surface area contributed by atoms with E-state index in [1.807, 2.05) is 30.3 Å². The van der Waals surface area contributed by atoms with E-state index in [9.17, 15) is 4.79 Å². The summed E-state index contributed by atoms with van der Waals surface area (Å²) in [6.07, 6.45) is 0. The van der Waals surface area contributed by atoms with Crippen LogP contribution in [0.15, 0.2) is 54.6 Å². The first-order valence-corrected chi connectivity index (χ1v) is 7.31. The first-order valence-electron chi connectivity index (χ1n) is 6.93. The molecule has 3 aromatic rings. The first kappa shape index (κ1) is 15.1. The summed E-state index contributed by atoms with van der Waals surface area (Å²) in [6, 6.07) is 16.3. The largest absolute Gasteiger partial charge is 0.465 e. The Hall–Kier alpha value is -2.83. The molecule has 0 fully saturated rings. The number of benzene rings is 3. The van der Waals surface area contributed by atoms with Crippen LogP contribution >= 0.6 is 11.6 Å². The van der Waals surface area contributed by atoms with Crippen molar-refractivity contribution in [1.82, 2.24) is 0 Å². The topological polar surface area (TPSA) is 30.7 Å². The van der Waals surface area contributed by atoms with Crippen LogP contribution in [-0.4, -0.2) is 13.1 Å². The Kier molecular flexibility index (Phi) is 4.01. The molecule has 0 saturated heterocycles. The van der Waals surface area contributed by atoms with Gasteiger partial charge in [-0.3, -0.25) is 0 Å². The lowest BCUT2D eigenvalue weighted by Gasteiger charge is -2.12. The fraction of sp³-hybridized carbons (Fsp3) is 0.0526. The molecule has 0 aliphatic rings. The maximum atomic E-state index is 11.8. The van der Waals surface area contributed by atoms with Gasteiger partial charge in [-0.25, -0.2) is 9.64 Å². The van der Waals surface area contributed by atoms with E-state index < -0.39 is 5.97 Å². The van der Waals surface area contributed by atoms with Gasteiger partial charge in [0.15, 0.2) is 5.69 Å². The SMILES string of the molecule is [C-]#[N+]c1ccc2ccc(C(=O)OC)cc2c1-c1ccccc1Cl. The summed E-state index contributed by atoms with van der Waals surface area (Å²) in [5, 5.41) is 2.29. The van der Waals surface area contributed by atoms with Crippen LogP contribution in [0.5, 0.6) is 0 Å². The Morgan fingerprint density at radius 3 is 2.57 bits per heavy atom. The molecule has 0 bridgehead atoms. The van der Waals surface area contributed by atoms with Gasteiger partial charge in [-0.05, 0) is 40.1 Å². The molecule has 3 aromatic carbocycles. The highest BCUT2D eigenvalue weighted by Gasteiger charge is 2.15. The summed E-state index contributed by atoms with van der Waals surface area (Å²) < 4.78 is 4.79. The van der Waals surface area contributed by atoms with Crippen molar-refractivity contribution in [1.29, 1.82) is 0 Å². The minimum atomic E-state index is -0.412. The number of esters is 1. The van der Waals surface area contributed by atoms with Gasteiger partial charge in [0.1, 0.15) is 0 Å². The number of rotatable bonds is 2. The standard InChI is InChI=1S/C19H12ClNO2/c1-21-17-10-9-12-7-8-13(19(22)23-2)11-15(12)18(17)14-5-3-4-6-16(14)20/h3-11H,2H3. The number of hydrogen-bond acceptors (Lipinski definition) is 2. The Morgan fingerprint density at radius 1 is 1.13 bits per heavy atom. The molecule has 0 amide bonds. The van der Waals surface area contributed by atoms with Gasteiger partial charge in [0.05, 0.1) is 19.2 Å². The summed E-state index contributed by atoms with van der Waals surface area (Å²) in [4.78, 5) is 15.4. The number of methoxy groups -OCH3 is 1. The summed E-state index contributed by atoms with van der Waals surface area (Å²) in [7, 11) is 1.34. The highest BCUT2D eigenvalue weighted by molar-refractivity contribution is 6.34. The summed E-state index contributed by atoms with van der Waals surface area (Å²) in [5.41, 5.74) is 2.43. The fourth-order valence-electron chi connectivity index (χ4n) is 2.59. The third kappa shape index (κ3) is 2.65. The van der Waals surface area contributed by atoms with Gasteiger partial charge in [-0.15, -0.1) is 0 Å². The molecule has 0 aliphatic heterocycles. The summed E-state index contributed by atoms with van der Waals surface area (Å²) in [6.45, 7) is 7.44. The van der Waals surface area contributed by atoms with Crippen molar-refractivity contribution in [3.8, 4) is 11.1 Å². The zero-order valence-electron chi connectivity index (χ0n) is 12.3. The van der Waals surface area contributed by atoms with Gasteiger partial charge in [-0.2, -0.15) is 0 Å². The molecule has 0 N–H and O–H groups in total. The van der Waals surface area contributed by atoms with E-state index in [2.05, 4.69) is 4.85 Å². The summed E-state index contributed by atoms with van der Waals surface area (Å²) in [5.74, 6) is -0.412. The second kappa shape index (κ2) is 6.12. The maximum absolute atomic E-state index is 11.8. The Labute approximate surface area is 138 Å². The molecule has 23 heavy (non-hydrogen) atoms. The van der Waals surface area contributed by atoms with Crippen LogP contribution in [-0.2, 0) is 4.74 Å². The van der Waals surface area contributed by atoms with Gasteiger partial charge in [-0.1, -0.05) is 48.0 Å². The third-order valence-electron chi connectivity index (χ3n) is 3.68. The van der Waals surface area contributed by atoms with E-state index in [4.69, 9.17) is 22.9 Å². The molecule has 4 heteroatoms. The molecule has 0 heterocycles. The van der Waals surface area contributed by atoms with Crippen LogP contribution in [0, 0.1) is 6.57 Å². The van der Waals surface area contributed by atoms with Crippen molar-refractivity contribution >= 4 is 34.0 Å². The number of halogens is 1. The van der Waals surface area contributed by atoms with Crippen molar-refractivity contribution in [2.75, 3.05) is 7.11 Å². The molecule has 3 nitrogen and oxygen atoms in total. The molecule has 0 saturated carbocycles. The third-order valence-corrected chi connectivity index (χ3v) is 4.01. The van der Waals surface area contributed by atoms with Crippen LogP contribution in [0.4, 0.5) is 5.69 Å². The number of fused-ring (bicyclic) bond motifs is 1. The lowest BCUT2D eigenvalue weighted by atomic mass is 9.95. The van der Waals surface area contributed by atoms with E-state index in [1.165, 1.54) is 7.11 Å². The molecule has 0 aliphatic carbocycles. The van der Waals surface area contributed by atoms with Crippen LogP contribution < -0.4 is 0 Å². The molecule has 3 rings (SSSR count). The van der Waals surface area contributed by atoms with Crippen LogP contribution in [0.2, 0.25) is 5.02 Å². The van der Waals surface area contributed by atoms with E-state index in [0.717, 1.165) is 21.9 Å². The van der Waals surface area contributed by atoms with Crippen molar-refractivity contribution in [2.24, 2.45) is 0 Å². The van der Waals surface area contributed by atoms with E-state index in [0.29, 0.717) is 16.3 Å².